The molecular weight excluding hydrogens is 315 g/mol. The number of carbonyl (C=O) groups excluding carboxylic acids is 1. The summed E-state index contributed by atoms with van der Waals surface area (Å²) in [6.45, 7) is 1.35. The maximum Gasteiger partial charge on any atom is 0.315 e. The van der Waals surface area contributed by atoms with Crippen LogP contribution < -0.4 is 15.4 Å². The van der Waals surface area contributed by atoms with Crippen molar-refractivity contribution in [1.29, 1.82) is 0 Å². The Hall–Kier alpha value is -1.86. The van der Waals surface area contributed by atoms with Gasteiger partial charge in [0.05, 0.1) is 18.8 Å². The van der Waals surface area contributed by atoms with Crippen molar-refractivity contribution in [3.63, 3.8) is 0 Å². The Labute approximate surface area is 139 Å². The van der Waals surface area contributed by atoms with E-state index in [2.05, 4.69) is 10.6 Å². The first-order valence-corrected chi connectivity index (χ1v) is 8.38. The molecule has 2 fully saturated rings. The number of urea groups is 1. The van der Waals surface area contributed by atoms with Gasteiger partial charge in [0.25, 0.3) is 0 Å². The normalized spacial score (nSPS) is 25.7. The van der Waals surface area contributed by atoms with Gasteiger partial charge in [-0.25, -0.2) is 9.18 Å². The minimum atomic E-state index is -0.363. The Balaban J connectivity index is 1.36. The SMILES string of the molecule is O=C(NCc1cc(F)cc2c1OCOC2)NC1CCOC1C1CC1. The second-order valence-corrected chi connectivity index (χ2v) is 6.56. The largest absolute Gasteiger partial charge is 0.467 e. The molecule has 0 bridgehead atoms. The van der Waals surface area contributed by atoms with Crippen LogP contribution >= 0.6 is 0 Å². The second-order valence-electron chi connectivity index (χ2n) is 6.56. The summed E-state index contributed by atoms with van der Waals surface area (Å²) >= 11 is 0. The Bertz CT molecular complexity index is 635. The average molecular weight is 336 g/mol. The lowest BCUT2D eigenvalue weighted by atomic mass is 10.1. The number of nitrogens with one attached hydrogen (secondary N) is 2. The van der Waals surface area contributed by atoms with E-state index in [0.717, 1.165) is 6.42 Å². The molecule has 6 nitrogen and oxygen atoms in total. The van der Waals surface area contributed by atoms with Crippen molar-refractivity contribution in [3.05, 3.63) is 29.1 Å². The van der Waals surface area contributed by atoms with Gasteiger partial charge in [0.15, 0.2) is 6.79 Å². The van der Waals surface area contributed by atoms with Crippen LogP contribution in [0.4, 0.5) is 9.18 Å². The van der Waals surface area contributed by atoms with Crippen LogP contribution in [0.3, 0.4) is 0 Å². The highest BCUT2D eigenvalue weighted by atomic mass is 19.1. The van der Waals surface area contributed by atoms with Crippen molar-refractivity contribution in [2.45, 2.75) is 44.6 Å². The topological polar surface area (TPSA) is 68.8 Å². The van der Waals surface area contributed by atoms with E-state index in [1.165, 1.54) is 25.0 Å². The summed E-state index contributed by atoms with van der Waals surface area (Å²) in [6, 6.07) is 2.58. The number of amides is 2. The molecule has 2 atom stereocenters. The lowest BCUT2D eigenvalue weighted by Gasteiger charge is -2.22. The maximum absolute atomic E-state index is 13.7. The Morgan fingerprint density at radius 1 is 1.29 bits per heavy atom. The average Bonchev–Trinajstić information content (AvgIpc) is 3.32. The van der Waals surface area contributed by atoms with E-state index in [9.17, 15) is 9.18 Å². The summed E-state index contributed by atoms with van der Waals surface area (Å²) < 4.78 is 30.0. The highest BCUT2D eigenvalue weighted by Gasteiger charge is 2.41. The molecule has 3 aliphatic rings. The van der Waals surface area contributed by atoms with E-state index in [0.29, 0.717) is 36.0 Å². The summed E-state index contributed by atoms with van der Waals surface area (Å²) in [5, 5.41) is 5.77. The predicted molar refractivity (Wildman–Crippen MR) is 82.9 cm³/mol. The van der Waals surface area contributed by atoms with Crippen LogP contribution in [0.1, 0.15) is 30.4 Å². The number of hydrogen-bond acceptors (Lipinski definition) is 4. The van der Waals surface area contributed by atoms with Crippen LogP contribution in [-0.2, 0) is 22.6 Å². The van der Waals surface area contributed by atoms with Crippen LogP contribution in [-0.4, -0.2) is 31.6 Å². The Morgan fingerprint density at radius 3 is 3.00 bits per heavy atom. The van der Waals surface area contributed by atoms with Gasteiger partial charge in [-0.05, 0) is 37.3 Å². The molecule has 0 radical (unpaired) electrons. The molecule has 4 rings (SSSR count). The molecule has 0 spiro atoms. The maximum atomic E-state index is 13.7. The van der Waals surface area contributed by atoms with Gasteiger partial charge < -0.3 is 24.8 Å². The molecule has 2 N–H and O–H groups in total. The van der Waals surface area contributed by atoms with Crippen molar-refractivity contribution < 1.29 is 23.4 Å². The highest BCUT2D eigenvalue weighted by Crippen LogP contribution is 2.38. The summed E-state index contributed by atoms with van der Waals surface area (Å²) in [5.74, 6) is 0.822. The number of ether oxygens (including phenoxy) is 3. The Morgan fingerprint density at radius 2 is 2.17 bits per heavy atom. The molecule has 24 heavy (non-hydrogen) atoms. The Kier molecular flexibility index (Phi) is 4.28. The second kappa shape index (κ2) is 6.57. The molecule has 2 aliphatic heterocycles. The summed E-state index contributed by atoms with van der Waals surface area (Å²) in [6.07, 6.45) is 3.33. The van der Waals surface area contributed by atoms with E-state index < -0.39 is 0 Å². The lowest BCUT2D eigenvalue weighted by molar-refractivity contribution is -0.0173. The van der Waals surface area contributed by atoms with Gasteiger partial charge in [0.1, 0.15) is 11.6 Å². The fourth-order valence-electron chi connectivity index (χ4n) is 3.44. The number of hydrogen-bond donors (Lipinski definition) is 2. The van der Waals surface area contributed by atoms with E-state index in [-0.39, 0.29) is 37.3 Å². The molecule has 1 aromatic rings. The molecule has 2 heterocycles. The minimum absolute atomic E-state index is 0.0589. The first-order chi connectivity index (χ1) is 11.7. The zero-order valence-electron chi connectivity index (χ0n) is 13.3. The van der Waals surface area contributed by atoms with Crippen molar-refractivity contribution in [2.75, 3.05) is 13.4 Å². The van der Waals surface area contributed by atoms with Gasteiger partial charge in [-0.1, -0.05) is 0 Å². The van der Waals surface area contributed by atoms with Crippen LogP contribution in [0.15, 0.2) is 12.1 Å². The zero-order chi connectivity index (χ0) is 16.5. The molecule has 130 valence electrons. The van der Waals surface area contributed by atoms with Crippen LogP contribution in [0.2, 0.25) is 0 Å². The molecule has 0 aromatic heterocycles. The van der Waals surface area contributed by atoms with E-state index in [1.807, 2.05) is 0 Å². The highest BCUT2D eigenvalue weighted by molar-refractivity contribution is 5.74. The fraction of sp³-hybridized carbons (Fsp3) is 0.588. The minimum Gasteiger partial charge on any atom is -0.467 e. The van der Waals surface area contributed by atoms with Crippen LogP contribution in [0.5, 0.6) is 5.75 Å². The van der Waals surface area contributed by atoms with E-state index in [4.69, 9.17) is 14.2 Å². The summed E-state index contributed by atoms with van der Waals surface area (Å²) in [7, 11) is 0. The number of halogens is 1. The van der Waals surface area contributed by atoms with Crippen molar-refractivity contribution >= 4 is 6.03 Å². The quantitative estimate of drug-likeness (QED) is 0.883. The standard InChI is InChI=1S/C17H21FN2O4/c18-13-5-11(15-12(6-13)8-22-9-24-15)7-19-17(21)20-14-3-4-23-16(14)10-1-2-10/h5-6,10,14,16H,1-4,7-9H2,(H2,19,20,21). The molecule has 1 saturated carbocycles. The lowest BCUT2D eigenvalue weighted by Crippen LogP contribution is -2.46. The van der Waals surface area contributed by atoms with E-state index >= 15 is 0 Å². The molecule has 1 aliphatic carbocycles. The molecule has 7 heteroatoms. The molecule has 2 unspecified atom stereocenters. The van der Waals surface area contributed by atoms with Crippen LogP contribution in [0.25, 0.3) is 0 Å². The van der Waals surface area contributed by atoms with Gasteiger partial charge in [-0.2, -0.15) is 0 Å². The molecule has 1 aromatic carbocycles. The number of benzene rings is 1. The van der Waals surface area contributed by atoms with Crippen molar-refractivity contribution in [2.24, 2.45) is 5.92 Å². The number of carbonyl (C=O) groups is 1. The van der Waals surface area contributed by atoms with Crippen molar-refractivity contribution in [3.8, 4) is 5.75 Å². The van der Waals surface area contributed by atoms with Gasteiger partial charge >= 0.3 is 6.03 Å². The van der Waals surface area contributed by atoms with Crippen molar-refractivity contribution in [1.82, 2.24) is 10.6 Å². The molecular formula is C17H21FN2O4. The smallest absolute Gasteiger partial charge is 0.315 e. The molecule has 1 saturated heterocycles. The predicted octanol–water partition coefficient (Wildman–Crippen LogP) is 2.06. The van der Waals surface area contributed by atoms with Crippen LogP contribution in [0, 0.1) is 11.7 Å². The van der Waals surface area contributed by atoms with Gasteiger partial charge in [-0.15, -0.1) is 0 Å². The monoisotopic (exact) mass is 336 g/mol. The first kappa shape index (κ1) is 15.7. The first-order valence-electron chi connectivity index (χ1n) is 8.38. The zero-order valence-corrected chi connectivity index (χ0v) is 13.3. The van der Waals surface area contributed by atoms with Gasteiger partial charge in [-0.3, -0.25) is 0 Å². The third-order valence-corrected chi connectivity index (χ3v) is 4.73. The number of fused-ring (bicyclic) bond motifs is 1. The van der Waals surface area contributed by atoms with E-state index in [1.54, 1.807) is 0 Å². The van der Waals surface area contributed by atoms with Gasteiger partial charge in [0, 0.05) is 24.3 Å². The molecule has 2 amide bonds. The summed E-state index contributed by atoms with van der Waals surface area (Å²) in [5.41, 5.74) is 1.28. The third kappa shape index (κ3) is 3.32. The summed E-state index contributed by atoms with van der Waals surface area (Å²) in [4.78, 5) is 12.2. The van der Waals surface area contributed by atoms with Gasteiger partial charge in [0.2, 0.25) is 0 Å². The fourth-order valence-corrected chi connectivity index (χ4v) is 3.44. The number of rotatable bonds is 4. The third-order valence-electron chi connectivity index (χ3n) is 4.73.